The molecular formula is C31H28N2O5S. The van der Waals surface area contributed by atoms with Crippen molar-refractivity contribution in [3.8, 4) is 5.69 Å². The summed E-state index contributed by atoms with van der Waals surface area (Å²) in [6.07, 6.45) is -0.860. The van der Waals surface area contributed by atoms with E-state index in [1.165, 1.54) is 12.1 Å². The molecule has 0 aliphatic rings. The maximum absolute atomic E-state index is 12.9. The number of benzene rings is 4. The van der Waals surface area contributed by atoms with Gasteiger partial charge in [0, 0.05) is 23.1 Å². The first-order chi connectivity index (χ1) is 18.8. The van der Waals surface area contributed by atoms with Crippen LogP contribution in [-0.4, -0.2) is 36.7 Å². The molecule has 2 N–H and O–H groups in total. The Morgan fingerprint density at radius 3 is 2.38 bits per heavy atom. The summed E-state index contributed by atoms with van der Waals surface area (Å²) in [5, 5.41) is 14.6. The second-order valence-corrected chi connectivity index (χ2v) is 10.9. The van der Waals surface area contributed by atoms with Gasteiger partial charge in [-0.1, -0.05) is 66.2 Å². The summed E-state index contributed by atoms with van der Waals surface area (Å²) in [7, 11) is -3.98. The lowest BCUT2D eigenvalue weighted by Gasteiger charge is -2.15. The summed E-state index contributed by atoms with van der Waals surface area (Å²) < 4.78 is 32.1. The fourth-order valence-electron chi connectivity index (χ4n) is 4.40. The molecule has 4 aromatic carbocycles. The van der Waals surface area contributed by atoms with E-state index in [0.29, 0.717) is 11.4 Å². The number of para-hydroxylation sites is 1. The zero-order chi connectivity index (χ0) is 27.4. The molecule has 1 amide bonds. The van der Waals surface area contributed by atoms with Crippen molar-refractivity contribution in [3.63, 3.8) is 0 Å². The van der Waals surface area contributed by atoms with Crippen molar-refractivity contribution in [2.75, 3.05) is 11.9 Å². The third-order valence-electron chi connectivity index (χ3n) is 6.35. The van der Waals surface area contributed by atoms with E-state index in [1.807, 2.05) is 84.3 Å². The number of aliphatic hydroxyl groups excluding tert-OH is 1. The Hall–Kier alpha value is -4.24. The number of aryl methyl sites for hydroxylation is 1. The first-order valence-corrected chi connectivity index (χ1v) is 13.9. The largest absolute Gasteiger partial charge is 0.390 e. The number of aromatic nitrogens is 1. The number of carbonyl (C=O) groups is 1. The summed E-state index contributed by atoms with van der Waals surface area (Å²) in [6, 6.07) is 32.6. The summed E-state index contributed by atoms with van der Waals surface area (Å²) in [5.41, 5.74) is 3.97. The fourth-order valence-corrected chi connectivity index (χ4v) is 5.34. The maximum Gasteiger partial charge on any atom is 0.297 e. The average Bonchev–Trinajstić information content (AvgIpc) is 3.30. The third kappa shape index (κ3) is 6.09. The molecule has 1 atom stereocenters. The van der Waals surface area contributed by atoms with Gasteiger partial charge in [0.25, 0.3) is 16.0 Å². The first kappa shape index (κ1) is 26.4. The van der Waals surface area contributed by atoms with Crippen molar-refractivity contribution in [3.05, 3.63) is 126 Å². The van der Waals surface area contributed by atoms with E-state index in [9.17, 15) is 18.3 Å². The Morgan fingerprint density at radius 1 is 0.897 bits per heavy atom. The number of amides is 1. The predicted molar refractivity (Wildman–Crippen MR) is 152 cm³/mol. The Labute approximate surface area is 227 Å². The Morgan fingerprint density at radius 2 is 1.62 bits per heavy atom. The number of hydrogen-bond donors (Lipinski definition) is 2. The van der Waals surface area contributed by atoms with Gasteiger partial charge in [-0.15, -0.1) is 0 Å². The van der Waals surface area contributed by atoms with Crippen molar-refractivity contribution in [2.24, 2.45) is 0 Å². The highest BCUT2D eigenvalue weighted by Gasteiger charge is 2.19. The van der Waals surface area contributed by atoms with Gasteiger partial charge in [-0.3, -0.25) is 13.5 Å². The van der Waals surface area contributed by atoms with Crippen LogP contribution >= 0.6 is 0 Å². The quantitative estimate of drug-likeness (QED) is 0.241. The monoisotopic (exact) mass is 540 g/mol. The molecule has 0 spiro atoms. The SMILES string of the molecule is Cc1ccc(S(=O)(=O)OCC(O)Cc2cccc(-n3c(NC(=O)c4ccccc4)cc4ccccc43)c2)cc1. The molecule has 0 radical (unpaired) electrons. The Bertz CT molecular complexity index is 1710. The minimum atomic E-state index is -3.98. The van der Waals surface area contributed by atoms with Crippen LogP contribution in [0.15, 0.2) is 114 Å². The maximum atomic E-state index is 12.9. The number of nitrogens with one attached hydrogen (secondary N) is 1. The van der Waals surface area contributed by atoms with Gasteiger partial charge >= 0.3 is 0 Å². The highest BCUT2D eigenvalue weighted by atomic mass is 32.2. The Kier molecular flexibility index (Phi) is 7.60. The molecular weight excluding hydrogens is 512 g/mol. The zero-order valence-electron chi connectivity index (χ0n) is 21.3. The van der Waals surface area contributed by atoms with E-state index in [1.54, 1.807) is 24.3 Å². The standard InChI is InChI=1S/C31H28N2O5S/c1-22-14-16-28(17-15-22)39(36,37)38-21-27(34)19-23-8-7-12-26(18-23)33-29-13-6-5-11-25(29)20-30(33)32-31(35)24-9-3-2-4-10-24/h2-18,20,27,34H,19,21H2,1H3,(H,32,35). The zero-order valence-corrected chi connectivity index (χ0v) is 22.1. The van der Waals surface area contributed by atoms with Crippen LogP contribution in [0.3, 0.4) is 0 Å². The van der Waals surface area contributed by atoms with Gasteiger partial charge in [0.2, 0.25) is 0 Å². The summed E-state index contributed by atoms with van der Waals surface area (Å²) in [6.45, 7) is 1.50. The highest BCUT2D eigenvalue weighted by molar-refractivity contribution is 7.86. The van der Waals surface area contributed by atoms with Crippen LogP contribution in [0.2, 0.25) is 0 Å². The molecule has 198 valence electrons. The van der Waals surface area contributed by atoms with Gasteiger partial charge in [-0.05, 0) is 61.0 Å². The van der Waals surface area contributed by atoms with Crippen LogP contribution in [0.25, 0.3) is 16.6 Å². The van der Waals surface area contributed by atoms with Gasteiger partial charge < -0.3 is 10.4 Å². The number of hydrogen-bond acceptors (Lipinski definition) is 5. The minimum Gasteiger partial charge on any atom is -0.390 e. The van der Waals surface area contributed by atoms with E-state index in [4.69, 9.17) is 4.18 Å². The van der Waals surface area contributed by atoms with Gasteiger partial charge in [-0.2, -0.15) is 8.42 Å². The predicted octanol–water partition coefficient (Wildman–Crippen LogP) is 5.50. The minimum absolute atomic E-state index is 0.0480. The van der Waals surface area contributed by atoms with Crippen LogP contribution in [-0.2, 0) is 20.7 Å². The number of rotatable bonds is 9. The van der Waals surface area contributed by atoms with Gasteiger partial charge in [0.05, 0.1) is 23.1 Å². The molecule has 8 heteroatoms. The molecule has 0 bridgehead atoms. The number of nitrogens with zero attached hydrogens (tertiary/aromatic N) is 1. The van der Waals surface area contributed by atoms with Crippen molar-refractivity contribution < 1.29 is 22.5 Å². The molecule has 39 heavy (non-hydrogen) atoms. The summed E-state index contributed by atoms with van der Waals surface area (Å²) in [4.78, 5) is 13.0. The summed E-state index contributed by atoms with van der Waals surface area (Å²) in [5.74, 6) is 0.383. The number of fused-ring (bicyclic) bond motifs is 1. The van der Waals surface area contributed by atoms with E-state index in [-0.39, 0.29) is 23.8 Å². The fraction of sp³-hybridized carbons (Fsp3) is 0.129. The van der Waals surface area contributed by atoms with E-state index in [0.717, 1.165) is 27.7 Å². The second-order valence-electron chi connectivity index (χ2n) is 9.32. The van der Waals surface area contributed by atoms with Gasteiger partial charge in [0.15, 0.2) is 0 Å². The number of aliphatic hydroxyl groups is 1. The van der Waals surface area contributed by atoms with Crippen molar-refractivity contribution in [1.82, 2.24) is 4.57 Å². The molecule has 5 aromatic rings. The van der Waals surface area contributed by atoms with E-state index in [2.05, 4.69) is 5.32 Å². The molecule has 0 aliphatic carbocycles. The second kappa shape index (κ2) is 11.2. The molecule has 0 saturated carbocycles. The lowest BCUT2D eigenvalue weighted by molar-refractivity contribution is 0.102. The Balaban J connectivity index is 1.36. The van der Waals surface area contributed by atoms with Crippen LogP contribution in [0.5, 0.6) is 0 Å². The van der Waals surface area contributed by atoms with E-state index >= 15 is 0 Å². The van der Waals surface area contributed by atoms with Crippen molar-refractivity contribution in [1.29, 1.82) is 0 Å². The smallest absolute Gasteiger partial charge is 0.297 e. The highest BCUT2D eigenvalue weighted by Crippen LogP contribution is 2.29. The average molecular weight is 541 g/mol. The van der Waals surface area contributed by atoms with Gasteiger partial charge in [-0.25, -0.2) is 0 Å². The number of carbonyl (C=O) groups excluding carboxylic acids is 1. The summed E-state index contributed by atoms with van der Waals surface area (Å²) >= 11 is 0. The molecule has 7 nitrogen and oxygen atoms in total. The molecule has 5 rings (SSSR count). The molecule has 0 fully saturated rings. The van der Waals surface area contributed by atoms with Crippen LogP contribution in [0, 0.1) is 6.92 Å². The molecule has 1 unspecified atom stereocenters. The van der Waals surface area contributed by atoms with Crippen LogP contribution in [0.4, 0.5) is 5.82 Å². The van der Waals surface area contributed by atoms with Gasteiger partial charge in [0.1, 0.15) is 5.82 Å². The number of anilines is 1. The lowest BCUT2D eigenvalue weighted by Crippen LogP contribution is -2.21. The third-order valence-corrected chi connectivity index (χ3v) is 7.65. The van der Waals surface area contributed by atoms with Crippen molar-refractivity contribution in [2.45, 2.75) is 24.3 Å². The molecule has 0 aliphatic heterocycles. The molecule has 1 heterocycles. The van der Waals surface area contributed by atoms with Crippen molar-refractivity contribution >= 4 is 32.7 Å². The normalized spacial score (nSPS) is 12.4. The molecule has 1 aromatic heterocycles. The first-order valence-electron chi connectivity index (χ1n) is 12.5. The van der Waals surface area contributed by atoms with E-state index < -0.39 is 16.2 Å². The van der Waals surface area contributed by atoms with Crippen LogP contribution in [0.1, 0.15) is 21.5 Å². The molecule has 0 saturated heterocycles. The topological polar surface area (TPSA) is 97.6 Å². The van der Waals surface area contributed by atoms with Crippen LogP contribution < -0.4 is 5.32 Å². The lowest BCUT2D eigenvalue weighted by atomic mass is 10.1.